The lowest BCUT2D eigenvalue weighted by Gasteiger charge is -2.34. The molecule has 2 heterocycles. The molecule has 8 nitrogen and oxygen atoms in total. The maximum Gasteiger partial charge on any atom is 0.220 e. The Morgan fingerprint density at radius 3 is 1.36 bits per heavy atom. The number of carbonyl (C=O) groups excluding carboxylic acids is 4. The van der Waals surface area contributed by atoms with E-state index < -0.39 is 11.1 Å². The molecule has 44 heavy (non-hydrogen) atoms. The summed E-state index contributed by atoms with van der Waals surface area (Å²) in [6.45, 7) is 22.2. The summed E-state index contributed by atoms with van der Waals surface area (Å²) >= 11 is 0. The van der Waals surface area contributed by atoms with Gasteiger partial charge in [-0.25, -0.2) is 0 Å². The molecule has 0 saturated carbocycles. The van der Waals surface area contributed by atoms with Crippen molar-refractivity contribution in [2.75, 3.05) is 26.2 Å². The zero-order valence-electron chi connectivity index (χ0n) is 27.9. The van der Waals surface area contributed by atoms with Gasteiger partial charge in [-0.2, -0.15) is 0 Å². The number of carbonyl (C=O) groups is 4. The number of likely N-dealkylation sites (tertiary alicyclic amines) is 2. The topological polar surface area (TPSA) is 98.8 Å². The summed E-state index contributed by atoms with van der Waals surface area (Å²) in [5.41, 5.74) is 2.00. The molecule has 1 aromatic carbocycles. The van der Waals surface area contributed by atoms with Crippen molar-refractivity contribution in [3.8, 4) is 0 Å². The normalized spacial score (nSPS) is 16.8. The lowest BCUT2D eigenvalue weighted by molar-refractivity contribution is -0.124. The number of amides is 2. The van der Waals surface area contributed by atoms with Crippen LogP contribution in [0.2, 0.25) is 0 Å². The van der Waals surface area contributed by atoms with Crippen molar-refractivity contribution in [1.82, 2.24) is 20.4 Å². The highest BCUT2D eigenvalue weighted by Gasteiger charge is 2.29. The van der Waals surface area contributed by atoms with E-state index in [-0.39, 0.29) is 23.4 Å². The van der Waals surface area contributed by atoms with Gasteiger partial charge in [-0.3, -0.25) is 19.2 Å². The smallest absolute Gasteiger partial charge is 0.220 e. The molecule has 0 radical (unpaired) electrons. The SMILES string of the molecule is C=C(C(C)=O)N1CCC(CCC(=O)NC(C)(C)c2cccc(C(C)(C)NC(=O)CCC3CCN(C(=C)C(C)=O)CC3)c2)CC1. The van der Waals surface area contributed by atoms with Crippen molar-refractivity contribution in [3.63, 3.8) is 0 Å². The molecule has 8 heteroatoms. The lowest BCUT2D eigenvalue weighted by atomic mass is 9.86. The minimum absolute atomic E-state index is 0.0159. The van der Waals surface area contributed by atoms with Crippen molar-refractivity contribution in [2.45, 2.75) is 104 Å². The van der Waals surface area contributed by atoms with Crippen LogP contribution in [0.15, 0.2) is 48.8 Å². The van der Waals surface area contributed by atoms with Crippen molar-refractivity contribution in [3.05, 3.63) is 59.9 Å². The van der Waals surface area contributed by atoms with Crippen LogP contribution in [0.25, 0.3) is 0 Å². The number of nitrogens with one attached hydrogen (secondary N) is 2. The second-order valence-corrected chi connectivity index (χ2v) is 13.9. The zero-order chi connectivity index (χ0) is 32.7. The predicted molar refractivity (Wildman–Crippen MR) is 175 cm³/mol. The van der Waals surface area contributed by atoms with E-state index in [1.807, 2.05) is 45.9 Å². The fourth-order valence-corrected chi connectivity index (χ4v) is 6.36. The van der Waals surface area contributed by atoms with Crippen molar-refractivity contribution in [2.24, 2.45) is 11.8 Å². The molecular weight excluding hydrogens is 552 g/mol. The second kappa shape index (κ2) is 15.0. The Balaban J connectivity index is 1.47. The summed E-state index contributed by atoms with van der Waals surface area (Å²) in [6, 6.07) is 8.10. The summed E-state index contributed by atoms with van der Waals surface area (Å²) in [7, 11) is 0. The van der Waals surface area contributed by atoms with E-state index in [0.717, 1.165) is 75.8 Å². The molecule has 2 aliphatic heterocycles. The molecule has 2 aliphatic rings. The molecule has 242 valence electrons. The van der Waals surface area contributed by atoms with E-state index in [4.69, 9.17) is 0 Å². The number of allylic oxidation sites excluding steroid dienone is 2. The molecule has 0 spiro atoms. The number of benzene rings is 1. The molecule has 0 aliphatic carbocycles. The van der Waals surface area contributed by atoms with Crippen LogP contribution in [0.4, 0.5) is 0 Å². The fourth-order valence-electron chi connectivity index (χ4n) is 6.36. The van der Waals surface area contributed by atoms with Crippen molar-refractivity contribution in [1.29, 1.82) is 0 Å². The molecule has 0 aromatic heterocycles. The Morgan fingerprint density at radius 1 is 0.705 bits per heavy atom. The Bertz CT molecular complexity index is 1140. The van der Waals surface area contributed by atoms with Gasteiger partial charge < -0.3 is 20.4 Å². The largest absolute Gasteiger partial charge is 0.369 e. The van der Waals surface area contributed by atoms with E-state index in [9.17, 15) is 19.2 Å². The number of nitrogens with zero attached hydrogens (tertiary/aromatic N) is 2. The molecule has 0 unspecified atom stereocenters. The van der Waals surface area contributed by atoms with Gasteiger partial charge in [0, 0.05) is 52.9 Å². The number of piperidine rings is 2. The van der Waals surface area contributed by atoms with E-state index in [0.29, 0.717) is 36.1 Å². The highest BCUT2D eigenvalue weighted by Crippen LogP contribution is 2.29. The van der Waals surface area contributed by atoms with Crippen LogP contribution in [-0.2, 0) is 30.3 Å². The molecular formula is C36H54N4O4. The van der Waals surface area contributed by atoms with E-state index in [1.54, 1.807) is 13.8 Å². The first kappa shape index (κ1) is 35.1. The minimum atomic E-state index is -0.571. The Kier molecular flexibility index (Phi) is 12.0. The quantitative estimate of drug-likeness (QED) is 0.269. The first-order valence-corrected chi connectivity index (χ1v) is 16.2. The minimum Gasteiger partial charge on any atom is -0.369 e. The molecule has 1 aromatic rings. The number of hydrogen-bond acceptors (Lipinski definition) is 6. The van der Waals surface area contributed by atoms with Gasteiger partial charge in [0.25, 0.3) is 0 Å². The van der Waals surface area contributed by atoms with E-state index >= 15 is 0 Å². The predicted octanol–water partition coefficient (Wildman–Crippen LogP) is 5.58. The van der Waals surface area contributed by atoms with Crippen molar-refractivity contribution < 1.29 is 19.2 Å². The summed E-state index contributed by atoms with van der Waals surface area (Å²) in [6.07, 6.45) is 6.43. The van der Waals surface area contributed by atoms with E-state index in [1.165, 1.54) is 0 Å². The molecule has 2 saturated heterocycles. The van der Waals surface area contributed by atoms with Crippen LogP contribution >= 0.6 is 0 Å². The highest BCUT2D eigenvalue weighted by atomic mass is 16.2. The average molecular weight is 607 g/mol. The van der Waals surface area contributed by atoms with Gasteiger partial charge in [0.15, 0.2) is 11.6 Å². The third-order valence-electron chi connectivity index (χ3n) is 9.57. The van der Waals surface area contributed by atoms with Crippen LogP contribution in [0.1, 0.15) is 104 Å². The van der Waals surface area contributed by atoms with Gasteiger partial charge in [0.05, 0.1) is 22.5 Å². The molecule has 2 fully saturated rings. The van der Waals surface area contributed by atoms with Crippen LogP contribution in [-0.4, -0.2) is 59.4 Å². The van der Waals surface area contributed by atoms with Crippen LogP contribution < -0.4 is 10.6 Å². The number of hydrogen-bond donors (Lipinski definition) is 2. The third-order valence-corrected chi connectivity index (χ3v) is 9.57. The summed E-state index contributed by atoms with van der Waals surface area (Å²) in [5, 5.41) is 6.45. The molecule has 0 bridgehead atoms. The number of rotatable bonds is 14. The Morgan fingerprint density at radius 2 is 1.05 bits per heavy atom. The van der Waals surface area contributed by atoms with Gasteiger partial charge >= 0.3 is 0 Å². The Hall–Kier alpha value is -3.42. The Labute approximate surface area is 264 Å². The lowest BCUT2D eigenvalue weighted by Crippen LogP contribution is -2.43. The van der Waals surface area contributed by atoms with Crippen LogP contribution in [0.5, 0.6) is 0 Å². The first-order valence-electron chi connectivity index (χ1n) is 16.2. The molecule has 2 N–H and O–H groups in total. The summed E-state index contributed by atoms with van der Waals surface area (Å²) < 4.78 is 0. The summed E-state index contributed by atoms with van der Waals surface area (Å²) in [5.74, 6) is 1.02. The number of ketones is 2. The van der Waals surface area contributed by atoms with Gasteiger partial charge in [-0.15, -0.1) is 0 Å². The molecule has 3 rings (SSSR count). The van der Waals surface area contributed by atoms with Crippen LogP contribution in [0.3, 0.4) is 0 Å². The van der Waals surface area contributed by atoms with Gasteiger partial charge in [-0.1, -0.05) is 37.4 Å². The average Bonchev–Trinajstić information content (AvgIpc) is 2.98. The maximum atomic E-state index is 13.0. The maximum absolute atomic E-state index is 13.0. The van der Waals surface area contributed by atoms with Gasteiger partial charge in [0.1, 0.15) is 0 Å². The fraction of sp³-hybridized carbons (Fsp3) is 0.611. The van der Waals surface area contributed by atoms with Crippen molar-refractivity contribution >= 4 is 23.4 Å². The van der Waals surface area contributed by atoms with Gasteiger partial charge in [0.2, 0.25) is 11.8 Å². The monoisotopic (exact) mass is 606 g/mol. The second-order valence-electron chi connectivity index (χ2n) is 13.9. The first-order chi connectivity index (χ1) is 20.6. The third kappa shape index (κ3) is 9.80. The summed E-state index contributed by atoms with van der Waals surface area (Å²) in [4.78, 5) is 53.3. The molecule has 0 atom stereocenters. The molecule has 2 amide bonds. The zero-order valence-corrected chi connectivity index (χ0v) is 27.9. The number of Topliss-reactive ketones (excluding diaryl/α,β-unsaturated/α-hetero) is 2. The van der Waals surface area contributed by atoms with Gasteiger partial charge in [-0.05, 0) is 89.2 Å². The van der Waals surface area contributed by atoms with E-state index in [2.05, 4.69) is 39.7 Å². The van der Waals surface area contributed by atoms with Crippen LogP contribution in [0, 0.1) is 11.8 Å². The standard InChI is InChI=1S/C36H54N4O4/c1-25(27(3)41)39-20-16-29(17-21-39)12-14-33(43)37-35(5,6)31-10-9-11-32(24-31)36(7,8)38-34(44)15-13-30-18-22-40(23-19-30)26(2)28(4)42/h9-11,24,29-30H,1-2,12-23H2,3-8H3,(H,37,43)(H,38,44). The highest BCUT2D eigenvalue weighted by molar-refractivity contribution is 5.92.